The zero-order valence-electron chi connectivity index (χ0n) is 9.26. The molecule has 0 atom stereocenters. The highest BCUT2D eigenvalue weighted by molar-refractivity contribution is 5.27. The molecule has 0 radical (unpaired) electrons. The highest BCUT2D eigenvalue weighted by Gasteiger charge is 1.97. The second-order valence-electron chi connectivity index (χ2n) is 3.60. The van der Waals surface area contributed by atoms with Gasteiger partial charge in [0.15, 0.2) is 0 Å². The van der Waals surface area contributed by atoms with Crippen LogP contribution in [0.5, 0.6) is 5.75 Å². The summed E-state index contributed by atoms with van der Waals surface area (Å²) in [5.41, 5.74) is 6.80. The Morgan fingerprint density at radius 2 is 2.00 bits per heavy atom. The number of hydrogen-bond donors (Lipinski definition) is 1. The van der Waals surface area contributed by atoms with Gasteiger partial charge in [-0.15, -0.1) is 0 Å². The van der Waals surface area contributed by atoms with Gasteiger partial charge in [0, 0.05) is 12.7 Å². The fourth-order valence-corrected chi connectivity index (χ4v) is 1.54. The van der Waals surface area contributed by atoms with Gasteiger partial charge in [-0.2, -0.15) is 5.10 Å². The molecule has 4 heteroatoms. The van der Waals surface area contributed by atoms with E-state index in [1.165, 1.54) is 5.56 Å². The first-order chi connectivity index (χ1) is 7.78. The van der Waals surface area contributed by atoms with E-state index in [0.717, 1.165) is 18.7 Å². The van der Waals surface area contributed by atoms with E-state index in [4.69, 9.17) is 10.5 Å². The van der Waals surface area contributed by atoms with Crippen LogP contribution in [0.25, 0.3) is 0 Å². The van der Waals surface area contributed by atoms with Crippen LogP contribution in [0.2, 0.25) is 0 Å². The summed E-state index contributed by atoms with van der Waals surface area (Å²) < 4.78 is 6.95. The molecule has 0 unspecified atom stereocenters. The average Bonchev–Trinajstić information content (AvgIpc) is 2.73. The molecule has 0 aliphatic heterocycles. The van der Waals surface area contributed by atoms with Crippen molar-refractivity contribution in [2.75, 3.05) is 12.8 Å². The molecule has 0 fully saturated rings. The summed E-state index contributed by atoms with van der Waals surface area (Å²) in [6.45, 7) is 0.837. The largest absolute Gasteiger partial charge is 0.497 e. The van der Waals surface area contributed by atoms with Crippen LogP contribution in [0.4, 0.5) is 5.82 Å². The van der Waals surface area contributed by atoms with Crippen molar-refractivity contribution in [1.29, 1.82) is 0 Å². The van der Waals surface area contributed by atoms with Crippen LogP contribution < -0.4 is 10.5 Å². The molecule has 1 aromatic carbocycles. The molecule has 0 aliphatic carbocycles. The summed E-state index contributed by atoms with van der Waals surface area (Å²) in [5.74, 6) is 1.45. The third-order valence-electron chi connectivity index (χ3n) is 2.45. The fraction of sp³-hybridized carbons (Fsp3) is 0.250. The van der Waals surface area contributed by atoms with Gasteiger partial charge in [0.25, 0.3) is 0 Å². The van der Waals surface area contributed by atoms with Crippen LogP contribution in [0.1, 0.15) is 5.56 Å². The summed E-state index contributed by atoms with van der Waals surface area (Å²) in [4.78, 5) is 0. The second kappa shape index (κ2) is 4.70. The summed E-state index contributed by atoms with van der Waals surface area (Å²) in [6.07, 6.45) is 2.82. The lowest BCUT2D eigenvalue weighted by molar-refractivity contribution is 0.414. The van der Waals surface area contributed by atoms with Gasteiger partial charge in [-0.3, -0.25) is 4.68 Å². The Balaban J connectivity index is 1.94. The minimum absolute atomic E-state index is 0.565. The number of aromatic nitrogens is 2. The SMILES string of the molecule is COc1ccc(CCn2ccc(N)n2)cc1. The maximum Gasteiger partial charge on any atom is 0.145 e. The van der Waals surface area contributed by atoms with Crippen molar-refractivity contribution in [2.24, 2.45) is 0 Å². The molecule has 0 saturated carbocycles. The standard InChI is InChI=1S/C12H15N3O/c1-16-11-4-2-10(3-5-11)6-8-15-9-7-12(13)14-15/h2-5,7,9H,6,8H2,1H3,(H2,13,14). The van der Waals surface area contributed by atoms with E-state index in [1.54, 1.807) is 13.2 Å². The van der Waals surface area contributed by atoms with Crippen molar-refractivity contribution in [2.45, 2.75) is 13.0 Å². The average molecular weight is 217 g/mol. The summed E-state index contributed by atoms with van der Waals surface area (Å²) in [7, 11) is 1.67. The molecular formula is C12H15N3O. The van der Waals surface area contributed by atoms with E-state index in [0.29, 0.717) is 5.82 Å². The number of hydrogen-bond acceptors (Lipinski definition) is 3. The minimum Gasteiger partial charge on any atom is -0.497 e. The van der Waals surface area contributed by atoms with Crippen molar-refractivity contribution < 1.29 is 4.74 Å². The quantitative estimate of drug-likeness (QED) is 0.848. The van der Waals surface area contributed by atoms with Crippen LogP contribution in [-0.4, -0.2) is 16.9 Å². The lowest BCUT2D eigenvalue weighted by Gasteiger charge is -2.03. The third kappa shape index (κ3) is 2.53. The number of ether oxygens (including phenoxy) is 1. The maximum atomic E-state index is 5.54. The van der Waals surface area contributed by atoms with Crippen LogP contribution in [-0.2, 0) is 13.0 Å². The predicted molar refractivity (Wildman–Crippen MR) is 63.3 cm³/mol. The van der Waals surface area contributed by atoms with Crippen molar-refractivity contribution >= 4 is 5.82 Å². The molecule has 0 aliphatic rings. The maximum absolute atomic E-state index is 5.54. The number of benzene rings is 1. The number of nitrogen functional groups attached to an aromatic ring is 1. The summed E-state index contributed by atoms with van der Waals surface area (Å²) in [6, 6.07) is 9.85. The lowest BCUT2D eigenvalue weighted by Crippen LogP contribution is -2.02. The van der Waals surface area contributed by atoms with Crippen molar-refractivity contribution in [3.05, 3.63) is 42.1 Å². The van der Waals surface area contributed by atoms with Crippen molar-refractivity contribution in [3.8, 4) is 5.75 Å². The Bertz CT molecular complexity index is 448. The molecule has 4 nitrogen and oxygen atoms in total. The van der Waals surface area contributed by atoms with Crippen molar-refractivity contribution in [1.82, 2.24) is 9.78 Å². The molecule has 1 aromatic heterocycles. The first-order valence-electron chi connectivity index (χ1n) is 5.20. The molecule has 0 amide bonds. The first-order valence-corrected chi connectivity index (χ1v) is 5.20. The van der Waals surface area contributed by atoms with E-state index in [1.807, 2.05) is 23.0 Å². The van der Waals surface area contributed by atoms with Crippen LogP contribution in [0.15, 0.2) is 36.5 Å². The Morgan fingerprint density at radius 1 is 1.25 bits per heavy atom. The number of methoxy groups -OCH3 is 1. The smallest absolute Gasteiger partial charge is 0.145 e. The molecule has 2 N–H and O–H groups in total. The van der Waals surface area contributed by atoms with Gasteiger partial charge < -0.3 is 10.5 Å². The summed E-state index contributed by atoms with van der Waals surface area (Å²) >= 11 is 0. The highest BCUT2D eigenvalue weighted by atomic mass is 16.5. The normalized spacial score (nSPS) is 10.3. The van der Waals surface area contributed by atoms with E-state index in [2.05, 4.69) is 17.2 Å². The Kier molecular flexibility index (Phi) is 3.10. The van der Waals surface area contributed by atoms with Crippen LogP contribution in [0.3, 0.4) is 0 Å². The Labute approximate surface area is 94.6 Å². The Hall–Kier alpha value is -1.97. The second-order valence-corrected chi connectivity index (χ2v) is 3.60. The summed E-state index contributed by atoms with van der Waals surface area (Å²) in [5, 5.41) is 4.13. The number of nitrogens with zero attached hydrogens (tertiary/aromatic N) is 2. The fourth-order valence-electron chi connectivity index (χ4n) is 1.54. The third-order valence-corrected chi connectivity index (χ3v) is 2.45. The Morgan fingerprint density at radius 3 is 2.56 bits per heavy atom. The monoisotopic (exact) mass is 217 g/mol. The van der Waals surface area contributed by atoms with E-state index < -0.39 is 0 Å². The zero-order chi connectivity index (χ0) is 11.4. The van der Waals surface area contributed by atoms with Crippen LogP contribution in [0, 0.1) is 0 Å². The zero-order valence-corrected chi connectivity index (χ0v) is 9.26. The molecule has 0 bridgehead atoms. The van der Waals surface area contributed by atoms with Gasteiger partial charge in [0.05, 0.1) is 7.11 Å². The van der Waals surface area contributed by atoms with E-state index in [-0.39, 0.29) is 0 Å². The van der Waals surface area contributed by atoms with Gasteiger partial charge >= 0.3 is 0 Å². The molecule has 2 aromatic rings. The topological polar surface area (TPSA) is 53.1 Å². The number of anilines is 1. The molecule has 0 saturated heterocycles. The van der Waals surface area contributed by atoms with Gasteiger partial charge in [0.1, 0.15) is 11.6 Å². The van der Waals surface area contributed by atoms with E-state index in [9.17, 15) is 0 Å². The van der Waals surface area contributed by atoms with Crippen molar-refractivity contribution in [3.63, 3.8) is 0 Å². The molecular weight excluding hydrogens is 202 g/mol. The molecule has 2 rings (SSSR count). The van der Waals surface area contributed by atoms with Gasteiger partial charge in [-0.25, -0.2) is 0 Å². The molecule has 84 valence electrons. The molecule has 1 heterocycles. The molecule has 16 heavy (non-hydrogen) atoms. The lowest BCUT2D eigenvalue weighted by atomic mass is 10.1. The highest BCUT2D eigenvalue weighted by Crippen LogP contribution is 2.12. The van der Waals surface area contributed by atoms with Gasteiger partial charge in [-0.05, 0) is 30.2 Å². The van der Waals surface area contributed by atoms with Crippen LogP contribution >= 0.6 is 0 Å². The van der Waals surface area contributed by atoms with Gasteiger partial charge in [0.2, 0.25) is 0 Å². The number of rotatable bonds is 4. The number of nitrogens with two attached hydrogens (primary N) is 1. The predicted octanol–water partition coefficient (Wildman–Crippen LogP) is 1.72. The number of aryl methyl sites for hydroxylation is 2. The first kappa shape index (κ1) is 10.5. The van der Waals surface area contributed by atoms with E-state index >= 15 is 0 Å². The minimum atomic E-state index is 0.565. The van der Waals surface area contributed by atoms with Gasteiger partial charge in [-0.1, -0.05) is 12.1 Å². The molecule has 0 spiro atoms.